The number of aromatic nitrogens is 1. The van der Waals surface area contributed by atoms with Gasteiger partial charge in [0, 0.05) is 33.3 Å². The van der Waals surface area contributed by atoms with Crippen LogP contribution in [0, 0.1) is 0 Å². The molecule has 10 rings (SSSR count). The van der Waals surface area contributed by atoms with Gasteiger partial charge in [0.1, 0.15) is 11.2 Å². The van der Waals surface area contributed by atoms with E-state index in [9.17, 15) is 0 Å². The molecule has 252 valence electrons. The Morgan fingerprint density at radius 1 is 0.415 bits per heavy atom. The largest absolute Gasteiger partial charge is 0.456 e. The topological polar surface area (TPSA) is 18.1 Å². The van der Waals surface area contributed by atoms with Gasteiger partial charge in [-0.15, -0.1) is 0 Å². The molecular formula is C51H37NO. The molecule has 2 heteroatoms. The number of nitrogens with zero attached hydrogens (tertiary/aromatic N) is 1. The van der Waals surface area contributed by atoms with E-state index in [0.29, 0.717) is 0 Å². The lowest BCUT2D eigenvalue weighted by Crippen LogP contribution is -1.96. The summed E-state index contributed by atoms with van der Waals surface area (Å²) in [6.07, 6.45) is 1.84. The summed E-state index contributed by atoms with van der Waals surface area (Å²) in [6.45, 7) is 2.26. The average molecular weight is 680 g/mol. The van der Waals surface area contributed by atoms with Crippen molar-refractivity contribution in [2.24, 2.45) is 0 Å². The molecule has 10 aromatic rings. The Labute approximate surface area is 309 Å². The third-order valence-electron chi connectivity index (χ3n) is 10.9. The molecule has 0 bridgehead atoms. The highest BCUT2D eigenvalue weighted by Crippen LogP contribution is 2.39. The van der Waals surface area contributed by atoms with Crippen LogP contribution in [-0.4, -0.2) is 4.57 Å². The first-order valence-electron chi connectivity index (χ1n) is 18.5. The molecule has 0 aliphatic rings. The van der Waals surface area contributed by atoms with Gasteiger partial charge in [0.25, 0.3) is 0 Å². The van der Waals surface area contributed by atoms with Crippen LogP contribution in [0.15, 0.2) is 186 Å². The van der Waals surface area contributed by atoms with Crippen LogP contribution >= 0.6 is 0 Å². The van der Waals surface area contributed by atoms with Gasteiger partial charge >= 0.3 is 0 Å². The second-order valence-corrected chi connectivity index (χ2v) is 14.0. The van der Waals surface area contributed by atoms with Crippen molar-refractivity contribution >= 4 is 43.7 Å². The van der Waals surface area contributed by atoms with Gasteiger partial charge in [0.15, 0.2) is 0 Å². The molecule has 0 N–H and O–H groups in total. The Balaban J connectivity index is 1.06. The van der Waals surface area contributed by atoms with Crippen LogP contribution in [0.2, 0.25) is 0 Å². The van der Waals surface area contributed by atoms with Gasteiger partial charge in [-0.05, 0) is 105 Å². The van der Waals surface area contributed by atoms with Gasteiger partial charge in [0.2, 0.25) is 0 Å². The van der Waals surface area contributed by atoms with Crippen molar-refractivity contribution < 1.29 is 4.42 Å². The maximum absolute atomic E-state index is 6.31. The number of aryl methyl sites for hydroxylation is 1. The minimum atomic E-state index is 0.871. The number of benzene rings is 8. The first-order chi connectivity index (χ1) is 26.2. The van der Waals surface area contributed by atoms with Gasteiger partial charge in [-0.3, -0.25) is 0 Å². The Hall–Kier alpha value is -6.64. The Kier molecular flexibility index (Phi) is 7.54. The highest BCUT2D eigenvalue weighted by molar-refractivity contribution is 6.11. The summed E-state index contributed by atoms with van der Waals surface area (Å²) >= 11 is 0. The van der Waals surface area contributed by atoms with Gasteiger partial charge in [-0.25, -0.2) is 0 Å². The van der Waals surface area contributed by atoms with E-state index >= 15 is 0 Å². The molecular weight excluding hydrogens is 643 g/mol. The molecule has 0 aliphatic carbocycles. The molecule has 0 saturated carbocycles. The summed E-state index contributed by atoms with van der Waals surface area (Å²) < 4.78 is 8.68. The molecule has 0 radical (unpaired) electrons. The van der Waals surface area contributed by atoms with E-state index in [1.165, 1.54) is 71.9 Å². The monoisotopic (exact) mass is 679 g/mol. The quantitative estimate of drug-likeness (QED) is 0.164. The zero-order valence-electron chi connectivity index (χ0n) is 29.6. The first-order valence-corrected chi connectivity index (χ1v) is 18.5. The molecule has 0 amide bonds. The third-order valence-corrected chi connectivity index (χ3v) is 10.9. The lowest BCUT2D eigenvalue weighted by molar-refractivity contribution is 0.668. The number of hydrogen-bond donors (Lipinski definition) is 0. The van der Waals surface area contributed by atoms with Crippen molar-refractivity contribution in [3.63, 3.8) is 0 Å². The van der Waals surface area contributed by atoms with Gasteiger partial charge in [-0.2, -0.15) is 0 Å². The fraction of sp³-hybridized carbons (Fsp3) is 0.0588. The maximum Gasteiger partial charge on any atom is 0.137 e. The Morgan fingerprint density at radius 3 is 2.02 bits per heavy atom. The number of rotatable bonds is 7. The zero-order chi connectivity index (χ0) is 35.3. The molecule has 2 aromatic heterocycles. The molecule has 2 heterocycles. The van der Waals surface area contributed by atoms with Crippen LogP contribution < -0.4 is 0 Å². The van der Waals surface area contributed by atoms with E-state index in [4.69, 9.17) is 4.42 Å². The fourth-order valence-corrected chi connectivity index (χ4v) is 8.25. The van der Waals surface area contributed by atoms with E-state index in [1.807, 2.05) is 12.1 Å². The number of furan rings is 1. The summed E-state index contributed by atoms with van der Waals surface area (Å²) in [5, 5.41) is 4.76. The van der Waals surface area contributed by atoms with E-state index in [1.54, 1.807) is 0 Å². The predicted octanol–water partition coefficient (Wildman–Crippen LogP) is 13.8. The minimum absolute atomic E-state index is 0.871. The van der Waals surface area contributed by atoms with E-state index in [2.05, 4.69) is 181 Å². The molecule has 2 nitrogen and oxygen atoms in total. The van der Waals surface area contributed by atoms with Crippen molar-refractivity contribution in [2.45, 2.75) is 19.8 Å². The van der Waals surface area contributed by atoms with Gasteiger partial charge in [0.05, 0.1) is 11.0 Å². The molecule has 0 unspecified atom stereocenters. The van der Waals surface area contributed by atoms with Crippen LogP contribution in [0.5, 0.6) is 0 Å². The second kappa shape index (κ2) is 12.8. The summed E-state index contributed by atoms with van der Waals surface area (Å²) in [6, 6.07) is 66.1. The highest BCUT2D eigenvalue weighted by atomic mass is 16.3. The molecule has 0 fully saturated rings. The number of para-hydroxylation sites is 2. The normalized spacial score (nSPS) is 11.6. The van der Waals surface area contributed by atoms with E-state index in [0.717, 1.165) is 40.5 Å². The van der Waals surface area contributed by atoms with Crippen LogP contribution in [0.25, 0.3) is 82.8 Å². The summed E-state index contributed by atoms with van der Waals surface area (Å²) in [7, 11) is 0. The predicted molar refractivity (Wildman–Crippen MR) is 223 cm³/mol. The van der Waals surface area contributed by atoms with Crippen molar-refractivity contribution in [2.75, 3.05) is 0 Å². The number of hydrogen-bond acceptors (Lipinski definition) is 1. The Bertz CT molecular complexity index is 2960. The molecule has 8 aromatic carbocycles. The van der Waals surface area contributed by atoms with Gasteiger partial charge in [-0.1, -0.05) is 140 Å². The van der Waals surface area contributed by atoms with Crippen LogP contribution in [-0.2, 0) is 12.8 Å². The zero-order valence-corrected chi connectivity index (χ0v) is 29.6. The molecule has 53 heavy (non-hydrogen) atoms. The number of fused-ring (bicyclic) bond motifs is 6. The molecule has 0 aliphatic heterocycles. The van der Waals surface area contributed by atoms with Crippen molar-refractivity contribution in [1.82, 2.24) is 4.57 Å². The average Bonchev–Trinajstić information content (AvgIpc) is 3.76. The minimum Gasteiger partial charge on any atom is -0.456 e. The lowest BCUT2D eigenvalue weighted by Gasteiger charge is -2.16. The molecule has 0 spiro atoms. The summed E-state index contributed by atoms with van der Waals surface area (Å²) in [5.74, 6) is 0. The van der Waals surface area contributed by atoms with Gasteiger partial charge < -0.3 is 8.98 Å². The van der Waals surface area contributed by atoms with Crippen LogP contribution in [0.3, 0.4) is 0 Å². The standard InChI is InChI=1S/C51H37NO/c1-2-35-23-24-38(31-46(35)42-18-7-6-16-40(42)30-34-13-12-17-37(29-34)36-14-4-3-5-15-36)39-25-28-49-47(32-39)43-19-8-10-21-48(43)52(49)41-26-27-45-44-20-9-11-22-50(44)53-51(45)33-41/h3-29,31-33H,2,30H2,1H3. The first kappa shape index (κ1) is 31.1. The van der Waals surface area contributed by atoms with Crippen LogP contribution in [0.4, 0.5) is 0 Å². The van der Waals surface area contributed by atoms with Crippen LogP contribution in [0.1, 0.15) is 23.6 Å². The fourth-order valence-electron chi connectivity index (χ4n) is 8.25. The van der Waals surface area contributed by atoms with E-state index in [-0.39, 0.29) is 0 Å². The van der Waals surface area contributed by atoms with Crippen molar-refractivity contribution in [3.8, 4) is 39.1 Å². The van der Waals surface area contributed by atoms with E-state index < -0.39 is 0 Å². The lowest BCUT2D eigenvalue weighted by atomic mass is 9.88. The highest BCUT2D eigenvalue weighted by Gasteiger charge is 2.17. The van der Waals surface area contributed by atoms with Crippen molar-refractivity contribution in [1.29, 1.82) is 0 Å². The van der Waals surface area contributed by atoms with Crippen molar-refractivity contribution in [3.05, 3.63) is 199 Å². The smallest absolute Gasteiger partial charge is 0.137 e. The SMILES string of the molecule is CCc1ccc(-c2ccc3c(c2)c2ccccc2n3-c2ccc3c(c2)oc2ccccc23)cc1-c1ccccc1Cc1cccc(-c2ccccc2)c1. The summed E-state index contributed by atoms with van der Waals surface area (Å²) in [5.41, 5.74) is 16.8. The third kappa shape index (κ3) is 5.43. The second-order valence-electron chi connectivity index (χ2n) is 14.0. The molecule has 0 atom stereocenters. The molecule has 0 saturated heterocycles. The maximum atomic E-state index is 6.31. The summed E-state index contributed by atoms with van der Waals surface area (Å²) in [4.78, 5) is 0. The Morgan fingerprint density at radius 2 is 1.11 bits per heavy atom.